The molecule has 1 nitrogen and oxygen atoms in total. The van der Waals surface area contributed by atoms with Crippen molar-refractivity contribution in [1.82, 2.24) is 4.98 Å². The van der Waals surface area contributed by atoms with Crippen LogP contribution in [0.15, 0.2) is 103 Å². The molecule has 1 heteroatoms. The third-order valence-electron chi connectivity index (χ3n) is 5.59. The summed E-state index contributed by atoms with van der Waals surface area (Å²) in [4.78, 5) is 5.17. The fourth-order valence-electron chi connectivity index (χ4n) is 4.27. The number of hydrogen-bond donors (Lipinski definition) is 0. The lowest BCUT2D eigenvalue weighted by molar-refractivity contribution is 1.28. The zero-order valence-corrected chi connectivity index (χ0v) is 15.3. The molecule has 0 spiro atoms. The average molecular weight is 355 g/mol. The molecule has 1 heterocycles. The van der Waals surface area contributed by atoms with Gasteiger partial charge in [0.25, 0.3) is 0 Å². The number of aromatic nitrogens is 1. The van der Waals surface area contributed by atoms with Crippen molar-refractivity contribution in [1.29, 1.82) is 0 Å². The molecule has 1 aromatic heterocycles. The topological polar surface area (TPSA) is 12.9 Å². The van der Waals surface area contributed by atoms with E-state index in [4.69, 9.17) is 4.98 Å². The summed E-state index contributed by atoms with van der Waals surface area (Å²) in [5.74, 6) is 0. The molecule has 1 aliphatic carbocycles. The van der Waals surface area contributed by atoms with Gasteiger partial charge in [-0.2, -0.15) is 0 Å². The Kier molecular flexibility index (Phi) is 3.24. The van der Waals surface area contributed by atoms with Crippen molar-refractivity contribution in [3.05, 3.63) is 126 Å². The van der Waals surface area contributed by atoms with Crippen molar-refractivity contribution in [2.24, 2.45) is 0 Å². The van der Waals surface area contributed by atoms with Crippen molar-refractivity contribution >= 4 is 32.8 Å². The van der Waals surface area contributed by atoms with Crippen molar-refractivity contribution in [3.63, 3.8) is 0 Å². The normalized spacial score (nSPS) is 12.9. The molecule has 0 N–H and O–H groups in total. The SMILES string of the molecule is c1ccc(C2=C(c3ccccc3)c3nc4c(ccc5ccccc54)cc32)cc1. The summed E-state index contributed by atoms with van der Waals surface area (Å²) in [7, 11) is 0. The van der Waals surface area contributed by atoms with Crippen LogP contribution < -0.4 is 0 Å². The summed E-state index contributed by atoms with van der Waals surface area (Å²) in [6.07, 6.45) is 0. The fraction of sp³-hybridized carbons (Fsp3) is 0. The third kappa shape index (κ3) is 2.17. The summed E-state index contributed by atoms with van der Waals surface area (Å²) in [5, 5.41) is 3.64. The summed E-state index contributed by atoms with van der Waals surface area (Å²) in [6, 6.07) is 36.4. The largest absolute Gasteiger partial charge is 0.246 e. The fourth-order valence-corrected chi connectivity index (χ4v) is 4.27. The Balaban J connectivity index is 1.67. The molecule has 0 radical (unpaired) electrons. The number of fused-ring (bicyclic) bond motifs is 4. The minimum atomic E-state index is 1.08. The van der Waals surface area contributed by atoms with E-state index in [9.17, 15) is 0 Å². The Morgan fingerprint density at radius 2 is 1.11 bits per heavy atom. The van der Waals surface area contributed by atoms with Crippen LogP contribution in [0.25, 0.3) is 32.8 Å². The maximum atomic E-state index is 5.17. The van der Waals surface area contributed by atoms with Gasteiger partial charge >= 0.3 is 0 Å². The van der Waals surface area contributed by atoms with Crippen LogP contribution >= 0.6 is 0 Å². The van der Waals surface area contributed by atoms with Gasteiger partial charge in [-0.05, 0) is 22.6 Å². The molecular formula is C27H17N. The first-order valence-corrected chi connectivity index (χ1v) is 9.58. The van der Waals surface area contributed by atoms with E-state index >= 15 is 0 Å². The molecule has 28 heavy (non-hydrogen) atoms. The molecular weight excluding hydrogens is 338 g/mol. The second kappa shape index (κ2) is 5.90. The zero-order valence-electron chi connectivity index (χ0n) is 15.3. The van der Waals surface area contributed by atoms with Crippen molar-refractivity contribution < 1.29 is 0 Å². The number of benzene rings is 4. The lowest BCUT2D eigenvalue weighted by atomic mass is 9.76. The van der Waals surface area contributed by atoms with Gasteiger partial charge in [-0.15, -0.1) is 0 Å². The molecule has 6 rings (SSSR count). The monoisotopic (exact) mass is 355 g/mol. The van der Waals surface area contributed by atoms with Crippen LogP contribution in [0.2, 0.25) is 0 Å². The van der Waals surface area contributed by atoms with Gasteiger partial charge < -0.3 is 0 Å². The van der Waals surface area contributed by atoms with Gasteiger partial charge in [-0.1, -0.05) is 97.1 Å². The summed E-state index contributed by atoms with van der Waals surface area (Å²) < 4.78 is 0. The highest BCUT2D eigenvalue weighted by molar-refractivity contribution is 6.17. The molecule has 130 valence electrons. The quantitative estimate of drug-likeness (QED) is 0.315. The molecule has 1 aliphatic rings. The van der Waals surface area contributed by atoms with Crippen LogP contribution in [0.5, 0.6) is 0 Å². The van der Waals surface area contributed by atoms with Gasteiger partial charge in [0, 0.05) is 27.5 Å². The van der Waals surface area contributed by atoms with E-state index in [1.165, 1.54) is 44.0 Å². The average Bonchev–Trinajstić information content (AvgIpc) is 2.76. The van der Waals surface area contributed by atoms with E-state index in [-0.39, 0.29) is 0 Å². The summed E-state index contributed by atoms with van der Waals surface area (Å²) in [6.45, 7) is 0. The van der Waals surface area contributed by atoms with Gasteiger partial charge in [-0.25, -0.2) is 4.98 Å². The van der Waals surface area contributed by atoms with Gasteiger partial charge in [0.15, 0.2) is 0 Å². The predicted octanol–water partition coefficient (Wildman–Crippen LogP) is 6.71. The zero-order chi connectivity index (χ0) is 18.5. The maximum absolute atomic E-state index is 5.17. The first-order chi connectivity index (χ1) is 13.9. The highest BCUT2D eigenvalue weighted by Gasteiger charge is 2.30. The Labute approximate surface area is 163 Å². The summed E-state index contributed by atoms with van der Waals surface area (Å²) in [5.41, 5.74) is 8.44. The molecule has 0 saturated heterocycles. The van der Waals surface area contributed by atoms with E-state index in [1.54, 1.807) is 0 Å². The van der Waals surface area contributed by atoms with Crippen molar-refractivity contribution in [3.8, 4) is 0 Å². The second-order valence-corrected chi connectivity index (χ2v) is 7.23. The highest BCUT2D eigenvalue weighted by Crippen LogP contribution is 2.48. The smallest absolute Gasteiger partial charge is 0.0801 e. The van der Waals surface area contributed by atoms with E-state index in [2.05, 4.69) is 103 Å². The standard InChI is InChI=1S/C27H17N/c1-3-10-19(11-4-1)24-23-17-21-16-15-18-9-7-8-14-22(18)26(21)28-27(23)25(24)20-12-5-2-6-13-20/h1-17H. The van der Waals surface area contributed by atoms with Crippen LogP contribution in [0.3, 0.4) is 0 Å². The van der Waals surface area contributed by atoms with Crippen LogP contribution in [0.1, 0.15) is 22.4 Å². The Morgan fingerprint density at radius 1 is 0.500 bits per heavy atom. The third-order valence-corrected chi connectivity index (χ3v) is 5.59. The van der Waals surface area contributed by atoms with Gasteiger partial charge in [0.05, 0.1) is 11.2 Å². The van der Waals surface area contributed by atoms with Gasteiger partial charge in [-0.3, -0.25) is 0 Å². The minimum Gasteiger partial charge on any atom is -0.246 e. The minimum absolute atomic E-state index is 1.08. The van der Waals surface area contributed by atoms with E-state index in [1.807, 2.05) is 0 Å². The van der Waals surface area contributed by atoms with Crippen molar-refractivity contribution in [2.45, 2.75) is 0 Å². The second-order valence-electron chi connectivity index (χ2n) is 7.23. The Morgan fingerprint density at radius 3 is 1.86 bits per heavy atom. The van der Waals surface area contributed by atoms with Gasteiger partial charge in [0.2, 0.25) is 0 Å². The molecule has 0 saturated carbocycles. The molecule has 0 bridgehead atoms. The summed E-state index contributed by atoms with van der Waals surface area (Å²) >= 11 is 0. The highest BCUT2D eigenvalue weighted by atomic mass is 14.7. The molecule has 0 aliphatic heterocycles. The van der Waals surface area contributed by atoms with E-state index in [0.29, 0.717) is 0 Å². The molecule has 4 aromatic carbocycles. The van der Waals surface area contributed by atoms with Crippen LogP contribution in [-0.2, 0) is 0 Å². The predicted molar refractivity (Wildman–Crippen MR) is 117 cm³/mol. The van der Waals surface area contributed by atoms with Crippen LogP contribution in [-0.4, -0.2) is 4.98 Å². The lowest BCUT2D eigenvalue weighted by Gasteiger charge is -2.28. The Hall–Kier alpha value is -3.71. The molecule has 5 aromatic rings. The lowest BCUT2D eigenvalue weighted by Crippen LogP contribution is -2.12. The number of nitrogens with zero attached hydrogens (tertiary/aromatic N) is 1. The van der Waals surface area contributed by atoms with Gasteiger partial charge in [0.1, 0.15) is 0 Å². The molecule has 0 atom stereocenters. The van der Waals surface area contributed by atoms with E-state index in [0.717, 1.165) is 11.2 Å². The number of rotatable bonds is 2. The molecule has 0 unspecified atom stereocenters. The van der Waals surface area contributed by atoms with Crippen LogP contribution in [0, 0.1) is 0 Å². The number of hydrogen-bond acceptors (Lipinski definition) is 1. The van der Waals surface area contributed by atoms with E-state index < -0.39 is 0 Å². The van der Waals surface area contributed by atoms with Crippen LogP contribution in [0.4, 0.5) is 0 Å². The maximum Gasteiger partial charge on any atom is 0.0801 e. The van der Waals surface area contributed by atoms with Crippen molar-refractivity contribution in [2.75, 3.05) is 0 Å². The first-order valence-electron chi connectivity index (χ1n) is 9.58. The molecule has 0 fully saturated rings. The first kappa shape index (κ1) is 15.4. The molecule has 0 amide bonds. The number of pyridine rings is 1. The Bertz CT molecular complexity index is 1380.